The molecule has 1 aromatic heterocycles. The number of ether oxygens (including phenoxy) is 2. The molecule has 0 spiro atoms. The fraction of sp³-hybridized carbons (Fsp3) is 0.421. The van der Waals surface area contributed by atoms with Gasteiger partial charge in [0, 0.05) is 6.20 Å². The number of aliphatic hydroxyl groups excluding tert-OH is 1. The predicted octanol–water partition coefficient (Wildman–Crippen LogP) is 1.39. The van der Waals surface area contributed by atoms with Crippen LogP contribution in [0.15, 0.2) is 46.1 Å². The molecule has 2 heterocycles. The standard InChI is InChI=1S/C19H21F2IN3O9P/c1-10(16(28)31-2)24-35(30,34-11-6-4-3-5-7-11)32-9-13-14(26)19(20,21)17(33-13)25-8-12(22)15(27)23-18(25)29/h3-8,10,13-14,17,26H,9H2,1-2H3,(H,24,30)(H,23,27,29)/t10-,13+,14+,17+,35?/m0/s1. The van der Waals surface area contributed by atoms with Gasteiger partial charge in [-0.2, -0.15) is 13.9 Å². The first-order chi connectivity index (χ1) is 16.4. The van der Waals surface area contributed by atoms with Crippen molar-refractivity contribution in [3.05, 3.63) is 60.9 Å². The largest absolute Gasteiger partial charge is 0.468 e. The molecular formula is C19H21F2IN3O9P. The molecule has 12 nitrogen and oxygen atoms in total. The van der Waals surface area contributed by atoms with Crippen molar-refractivity contribution in [3.8, 4) is 5.75 Å². The number of esters is 1. The number of carbonyl (C=O) groups is 1. The Balaban J connectivity index is 1.83. The average molecular weight is 631 g/mol. The number of rotatable bonds is 9. The predicted molar refractivity (Wildman–Crippen MR) is 124 cm³/mol. The lowest BCUT2D eigenvalue weighted by Crippen LogP contribution is -2.43. The molecule has 3 N–H and O–H groups in total. The van der Waals surface area contributed by atoms with Gasteiger partial charge in [0.25, 0.3) is 5.56 Å². The fourth-order valence-corrected chi connectivity index (χ4v) is 5.03. The van der Waals surface area contributed by atoms with Crippen LogP contribution in [0.4, 0.5) is 8.78 Å². The highest BCUT2D eigenvalue weighted by Crippen LogP contribution is 2.48. The highest BCUT2D eigenvalue weighted by Gasteiger charge is 2.60. The first-order valence-electron chi connectivity index (χ1n) is 9.95. The van der Waals surface area contributed by atoms with E-state index in [2.05, 4.69) is 9.82 Å². The summed E-state index contributed by atoms with van der Waals surface area (Å²) in [4.78, 5) is 37.3. The highest BCUT2D eigenvalue weighted by atomic mass is 127. The van der Waals surface area contributed by atoms with Crippen LogP contribution in [-0.2, 0) is 23.4 Å². The summed E-state index contributed by atoms with van der Waals surface area (Å²) in [6.07, 6.45) is -5.68. The second kappa shape index (κ2) is 10.8. The summed E-state index contributed by atoms with van der Waals surface area (Å²) in [5.41, 5.74) is -1.96. The smallest absolute Gasteiger partial charge is 0.459 e. The summed E-state index contributed by atoms with van der Waals surface area (Å²) in [6.45, 7) is 0.430. The third kappa shape index (κ3) is 6.16. The van der Waals surface area contributed by atoms with Gasteiger partial charge in [0.2, 0.25) is 6.23 Å². The number of alkyl halides is 2. The van der Waals surface area contributed by atoms with Crippen molar-refractivity contribution in [1.82, 2.24) is 14.6 Å². The number of aliphatic hydroxyl groups is 1. The van der Waals surface area contributed by atoms with E-state index in [0.717, 1.165) is 13.3 Å². The summed E-state index contributed by atoms with van der Waals surface area (Å²) < 4.78 is 63.7. The number of methoxy groups -OCH3 is 1. The van der Waals surface area contributed by atoms with Crippen molar-refractivity contribution >= 4 is 36.3 Å². The summed E-state index contributed by atoms with van der Waals surface area (Å²) in [5, 5.41) is 12.5. The molecule has 3 rings (SSSR count). The molecule has 5 atom stereocenters. The van der Waals surface area contributed by atoms with Crippen molar-refractivity contribution < 1.29 is 41.8 Å². The summed E-state index contributed by atoms with van der Waals surface area (Å²) in [7, 11) is -3.30. The summed E-state index contributed by atoms with van der Waals surface area (Å²) >= 11 is 1.54. The zero-order valence-electron chi connectivity index (χ0n) is 18.2. The van der Waals surface area contributed by atoms with Crippen LogP contribution in [-0.4, -0.2) is 58.5 Å². The van der Waals surface area contributed by atoms with E-state index in [1.807, 2.05) is 4.98 Å². The Kier molecular flexibility index (Phi) is 8.49. The van der Waals surface area contributed by atoms with E-state index in [9.17, 15) is 32.8 Å². The Morgan fingerprint density at radius 3 is 2.66 bits per heavy atom. The number of carbonyl (C=O) groups excluding carboxylic acids is 1. The van der Waals surface area contributed by atoms with Crippen molar-refractivity contribution in [2.24, 2.45) is 0 Å². The normalized spacial score (nSPS) is 23.9. The van der Waals surface area contributed by atoms with E-state index in [0.29, 0.717) is 4.57 Å². The molecule has 1 fully saturated rings. The maximum atomic E-state index is 14.8. The molecule has 0 aliphatic carbocycles. The second-order valence-corrected chi connectivity index (χ2v) is 10.2. The zero-order chi connectivity index (χ0) is 26.0. The van der Waals surface area contributed by atoms with Crippen LogP contribution in [0, 0.1) is 3.57 Å². The van der Waals surface area contributed by atoms with Crippen LogP contribution in [0.25, 0.3) is 0 Å². The van der Waals surface area contributed by atoms with Crippen molar-refractivity contribution in [2.75, 3.05) is 13.7 Å². The number of H-pyrrole nitrogens is 1. The molecule has 0 amide bonds. The lowest BCUT2D eigenvalue weighted by Gasteiger charge is -2.24. The average Bonchev–Trinajstić information content (AvgIpc) is 3.03. The van der Waals surface area contributed by atoms with Gasteiger partial charge in [-0.1, -0.05) is 18.2 Å². The Labute approximate surface area is 210 Å². The lowest BCUT2D eigenvalue weighted by atomic mass is 10.1. The molecule has 1 aromatic carbocycles. The molecule has 0 radical (unpaired) electrons. The van der Waals surface area contributed by atoms with Crippen molar-refractivity contribution in [3.63, 3.8) is 0 Å². The molecule has 0 saturated carbocycles. The van der Waals surface area contributed by atoms with Crippen molar-refractivity contribution in [2.45, 2.75) is 37.3 Å². The zero-order valence-corrected chi connectivity index (χ0v) is 21.3. The maximum absolute atomic E-state index is 14.8. The number of aromatic amines is 1. The molecule has 1 unspecified atom stereocenters. The number of para-hydroxylation sites is 1. The van der Waals surface area contributed by atoms with Gasteiger partial charge in [-0.3, -0.25) is 23.7 Å². The summed E-state index contributed by atoms with van der Waals surface area (Å²) in [5.74, 6) is -4.72. The second-order valence-electron chi connectivity index (χ2n) is 7.36. The summed E-state index contributed by atoms with van der Waals surface area (Å²) in [6, 6.07) is 6.50. The van der Waals surface area contributed by atoms with E-state index in [1.165, 1.54) is 19.1 Å². The minimum Gasteiger partial charge on any atom is -0.468 e. The van der Waals surface area contributed by atoms with Crippen LogP contribution in [0.5, 0.6) is 5.75 Å². The molecule has 35 heavy (non-hydrogen) atoms. The highest BCUT2D eigenvalue weighted by molar-refractivity contribution is 14.1. The van der Waals surface area contributed by atoms with Crippen molar-refractivity contribution in [1.29, 1.82) is 0 Å². The first kappa shape index (κ1) is 27.4. The number of halogens is 3. The van der Waals surface area contributed by atoms with Crippen LogP contribution in [0.2, 0.25) is 0 Å². The number of nitrogens with one attached hydrogen (secondary N) is 2. The minimum atomic E-state index is -4.40. The van der Waals surface area contributed by atoms with Gasteiger partial charge >= 0.3 is 25.3 Å². The molecule has 1 aliphatic rings. The SMILES string of the molecule is COC(=O)[C@H](C)NP(=O)(OC[C@H]1O[C@@H](n2cc(I)c(=O)[nH]c2=O)C(F)(F)[C@@H]1O)Oc1ccccc1. The Morgan fingerprint density at radius 1 is 1.37 bits per heavy atom. The number of nitrogens with zero attached hydrogens (tertiary/aromatic N) is 1. The van der Waals surface area contributed by atoms with Gasteiger partial charge in [-0.15, -0.1) is 0 Å². The van der Waals surface area contributed by atoms with E-state index < -0.39 is 62.0 Å². The first-order valence-corrected chi connectivity index (χ1v) is 12.6. The van der Waals surface area contributed by atoms with Crippen LogP contribution < -0.4 is 20.9 Å². The van der Waals surface area contributed by atoms with E-state index >= 15 is 0 Å². The number of benzene rings is 1. The van der Waals surface area contributed by atoms with E-state index in [-0.39, 0.29) is 9.32 Å². The van der Waals surface area contributed by atoms with Gasteiger partial charge in [0.05, 0.1) is 17.3 Å². The Morgan fingerprint density at radius 2 is 2.03 bits per heavy atom. The minimum absolute atomic E-state index is 0.0717. The monoisotopic (exact) mass is 631 g/mol. The quantitative estimate of drug-likeness (QED) is 0.210. The third-order valence-electron chi connectivity index (χ3n) is 4.84. The Bertz CT molecular complexity index is 1230. The molecule has 0 bridgehead atoms. The molecule has 16 heteroatoms. The Hall–Kier alpha value is -2.17. The van der Waals surface area contributed by atoms with E-state index in [1.54, 1.807) is 40.8 Å². The lowest BCUT2D eigenvalue weighted by molar-refractivity contribution is -0.142. The van der Waals surface area contributed by atoms with Gasteiger partial charge in [-0.25, -0.2) is 9.36 Å². The van der Waals surface area contributed by atoms with Crippen LogP contribution in [0.3, 0.4) is 0 Å². The fourth-order valence-electron chi connectivity index (χ4n) is 3.09. The van der Waals surface area contributed by atoms with E-state index in [4.69, 9.17) is 13.8 Å². The topological polar surface area (TPSA) is 158 Å². The third-order valence-corrected chi connectivity index (χ3v) is 7.25. The molecular weight excluding hydrogens is 610 g/mol. The van der Waals surface area contributed by atoms with Gasteiger partial charge in [0.1, 0.15) is 17.9 Å². The number of aromatic nitrogens is 2. The van der Waals surface area contributed by atoms with Gasteiger partial charge in [-0.05, 0) is 41.6 Å². The molecule has 1 saturated heterocycles. The van der Waals surface area contributed by atoms with Gasteiger partial charge < -0.3 is 19.1 Å². The molecule has 2 aromatic rings. The molecule has 1 aliphatic heterocycles. The number of hydrogen-bond donors (Lipinski definition) is 3. The molecule has 192 valence electrons. The van der Waals surface area contributed by atoms with Gasteiger partial charge in [0.15, 0.2) is 6.10 Å². The van der Waals surface area contributed by atoms with Crippen LogP contribution >= 0.6 is 30.3 Å². The maximum Gasteiger partial charge on any atom is 0.459 e. The van der Waals surface area contributed by atoms with Crippen LogP contribution in [0.1, 0.15) is 13.2 Å². The number of hydrogen-bond acceptors (Lipinski definition) is 9.